The van der Waals surface area contributed by atoms with Gasteiger partial charge in [0.15, 0.2) is 11.8 Å². The van der Waals surface area contributed by atoms with E-state index in [4.69, 9.17) is 5.11 Å². The number of hydrogen-bond donors (Lipinski definition) is 2. The van der Waals surface area contributed by atoms with Crippen molar-refractivity contribution < 1.29 is 27.8 Å². The number of hydrogen-bond acceptors (Lipinski definition) is 6. The molecule has 1 aromatic heterocycles. The Morgan fingerprint density at radius 3 is 2.50 bits per heavy atom. The van der Waals surface area contributed by atoms with Gasteiger partial charge in [0.05, 0.1) is 5.56 Å². The molecule has 24 heavy (non-hydrogen) atoms. The van der Waals surface area contributed by atoms with E-state index in [0.29, 0.717) is 5.69 Å². The van der Waals surface area contributed by atoms with E-state index in [1.165, 1.54) is 30.3 Å². The highest BCUT2D eigenvalue weighted by molar-refractivity contribution is 7.98. The first-order valence-corrected chi connectivity index (χ1v) is 7.72. The highest BCUT2D eigenvalue weighted by Gasteiger charge is 2.28. The van der Waals surface area contributed by atoms with E-state index in [0.717, 1.165) is 11.8 Å². The Morgan fingerprint density at radius 1 is 1.29 bits per heavy atom. The second kappa shape index (κ2) is 7.39. The highest BCUT2D eigenvalue weighted by atomic mass is 32.2. The fourth-order valence-corrected chi connectivity index (χ4v) is 2.00. The van der Waals surface area contributed by atoms with Gasteiger partial charge in [0, 0.05) is 11.8 Å². The van der Waals surface area contributed by atoms with Gasteiger partial charge in [0.25, 0.3) is 0 Å². The van der Waals surface area contributed by atoms with Crippen molar-refractivity contribution in [2.24, 2.45) is 0 Å². The molecule has 0 atom stereocenters. The molecule has 0 radical (unpaired) electrons. The highest BCUT2D eigenvalue weighted by Crippen LogP contribution is 2.24. The van der Waals surface area contributed by atoms with Gasteiger partial charge >= 0.3 is 12.1 Å². The van der Waals surface area contributed by atoms with Gasteiger partial charge in [0.1, 0.15) is 5.82 Å². The van der Waals surface area contributed by atoms with Crippen molar-refractivity contribution >= 4 is 29.2 Å². The van der Waals surface area contributed by atoms with E-state index < -0.39 is 18.8 Å². The fourth-order valence-electron chi connectivity index (χ4n) is 1.63. The molecule has 2 N–H and O–H groups in total. The van der Waals surface area contributed by atoms with Gasteiger partial charge in [-0.05, 0) is 30.5 Å². The van der Waals surface area contributed by atoms with Crippen LogP contribution in [0.15, 0.2) is 35.5 Å². The Kier molecular flexibility index (Phi) is 5.50. The first-order valence-electron chi connectivity index (χ1n) is 6.50. The summed E-state index contributed by atoms with van der Waals surface area (Å²) in [6, 6.07) is 7.04. The van der Waals surface area contributed by atoms with Crippen LogP contribution in [0, 0.1) is 0 Å². The van der Waals surface area contributed by atoms with E-state index in [1.54, 1.807) is 6.26 Å². The summed E-state index contributed by atoms with van der Waals surface area (Å²) in [4.78, 5) is 18.8. The predicted octanol–water partition coefficient (Wildman–Crippen LogP) is 3.58. The molecule has 0 fully saturated rings. The molecule has 0 amide bonds. The summed E-state index contributed by atoms with van der Waals surface area (Å²) < 4.78 is 41.3. The van der Waals surface area contributed by atoms with Gasteiger partial charge in [-0.3, -0.25) is 0 Å². The van der Waals surface area contributed by atoms with Crippen molar-refractivity contribution in [1.29, 1.82) is 0 Å². The van der Waals surface area contributed by atoms with Crippen molar-refractivity contribution in [3.05, 3.63) is 35.9 Å². The molecule has 0 aliphatic carbocycles. The summed E-state index contributed by atoms with van der Waals surface area (Å²) in [5.74, 6) is -1.04. The number of alkyl halides is 3. The normalized spacial score (nSPS) is 11.2. The zero-order valence-electron chi connectivity index (χ0n) is 12.3. The number of rotatable bonds is 6. The van der Waals surface area contributed by atoms with E-state index in [2.05, 4.69) is 20.0 Å². The molecule has 0 unspecified atom stereocenters. The minimum absolute atomic E-state index is 0.113. The number of aromatic nitrogens is 2. The SMILES string of the molecule is CSc1nc(Nc2ccc(C(=O)O)cc2)cc(OCC(F)(F)F)n1. The predicted molar refractivity (Wildman–Crippen MR) is 82.0 cm³/mol. The first-order chi connectivity index (χ1) is 11.3. The van der Waals surface area contributed by atoms with E-state index >= 15 is 0 Å². The van der Waals surface area contributed by atoms with Crippen molar-refractivity contribution in [3.63, 3.8) is 0 Å². The molecule has 2 rings (SSSR count). The smallest absolute Gasteiger partial charge is 0.422 e. The Hall–Kier alpha value is -2.49. The standard InChI is InChI=1S/C14H12F3N3O3S/c1-24-13-19-10(6-11(20-13)23-7-14(15,16)17)18-9-4-2-8(3-5-9)12(21)22/h2-6H,7H2,1H3,(H,21,22)(H,18,19,20). The zero-order valence-corrected chi connectivity index (χ0v) is 13.1. The van der Waals surface area contributed by atoms with E-state index in [-0.39, 0.29) is 22.4 Å². The summed E-state index contributed by atoms with van der Waals surface area (Å²) in [5.41, 5.74) is 0.634. The number of carboxylic acids is 1. The molecule has 0 bridgehead atoms. The number of halogens is 3. The number of ether oxygens (including phenoxy) is 1. The molecule has 1 aromatic carbocycles. The molecular formula is C14H12F3N3O3S. The zero-order chi connectivity index (χ0) is 17.7. The van der Waals surface area contributed by atoms with Crippen LogP contribution in [-0.4, -0.2) is 40.1 Å². The van der Waals surface area contributed by atoms with Crippen LogP contribution in [0.4, 0.5) is 24.7 Å². The van der Waals surface area contributed by atoms with Gasteiger partial charge in [-0.25, -0.2) is 9.78 Å². The van der Waals surface area contributed by atoms with E-state index in [1.807, 2.05) is 0 Å². The lowest BCUT2D eigenvalue weighted by atomic mass is 10.2. The molecule has 1 heterocycles. The second-order valence-electron chi connectivity index (χ2n) is 4.49. The van der Waals surface area contributed by atoms with Crippen LogP contribution in [0.3, 0.4) is 0 Å². The molecule has 6 nitrogen and oxygen atoms in total. The van der Waals surface area contributed by atoms with Gasteiger partial charge in [0.2, 0.25) is 5.88 Å². The van der Waals surface area contributed by atoms with Crippen molar-refractivity contribution in [2.45, 2.75) is 11.3 Å². The quantitative estimate of drug-likeness (QED) is 0.602. The molecule has 2 aromatic rings. The number of thioether (sulfide) groups is 1. The van der Waals surface area contributed by atoms with E-state index in [9.17, 15) is 18.0 Å². The monoisotopic (exact) mass is 359 g/mol. The van der Waals surface area contributed by atoms with Crippen molar-refractivity contribution in [3.8, 4) is 5.88 Å². The maximum Gasteiger partial charge on any atom is 0.422 e. The number of nitrogens with zero attached hydrogens (tertiary/aromatic N) is 2. The lowest BCUT2D eigenvalue weighted by Crippen LogP contribution is -2.19. The summed E-state index contributed by atoms with van der Waals surface area (Å²) in [7, 11) is 0. The molecule has 128 valence electrons. The molecule has 0 aliphatic rings. The van der Waals surface area contributed by atoms with Crippen molar-refractivity contribution in [2.75, 3.05) is 18.2 Å². The van der Waals surface area contributed by atoms with Crippen LogP contribution in [-0.2, 0) is 0 Å². The van der Waals surface area contributed by atoms with Crippen LogP contribution in [0.1, 0.15) is 10.4 Å². The average molecular weight is 359 g/mol. The molecule has 10 heteroatoms. The number of anilines is 2. The van der Waals surface area contributed by atoms with Gasteiger partial charge in [-0.1, -0.05) is 11.8 Å². The Morgan fingerprint density at radius 2 is 1.96 bits per heavy atom. The number of aromatic carboxylic acids is 1. The summed E-state index contributed by atoms with van der Waals surface area (Å²) in [6.07, 6.45) is -2.79. The lowest BCUT2D eigenvalue weighted by molar-refractivity contribution is -0.154. The molecular weight excluding hydrogens is 347 g/mol. The van der Waals surface area contributed by atoms with Crippen LogP contribution in [0.25, 0.3) is 0 Å². The van der Waals surface area contributed by atoms with Crippen LogP contribution < -0.4 is 10.1 Å². The number of benzene rings is 1. The summed E-state index contributed by atoms with van der Waals surface area (Å²) in [5, 5.41) is 11.9. The largest absolute Gasteiger partial charge is 0.478 e. The third-order valence-corrected chi connectivity index (χ3v) is 3.20. The lowest BCUT2D eigenvalue weighted by Gasteiger charge is -2.11. The maximum absolute atomic E-state index is 12.2. The third-order valence-electron chi connectivity index (χ3n) is 2.65. The maximum atomic E-state index is 12.2. The van der Waals surface area contributed by atoms with Gasteiger partial charge in [-0.2, -0.15) is 18.2 Å². The number of carboxylic acid groups (broad SMARTS) is 1. The number of carbonyl (C=O) groups is 1. The number of nitrogens with one attached hydrogen (secondary N) is 1. The van der Waals surface area contributed by atoms with Crippen LogP contribution >= 0.6 is 11.8 Å². The van der Waals surface area contributed by atoms with Gasteiger partial charge < -0.3 is 15.2 Å². The van der Waals surface area contributed by atoms with Crippen LogP contribution in [0.5, 0.6) is 5.88 Å². The Balaban J connectivity index is 2.18. The molecule has 0 spiro atoms. The fraction of sp³-hybridized carbons (Fsp3) is 0.214. The Bertz CT molecular complexity index is 723. The summed E-state index contributed by atoms with van der Waals surface area (Å²) in [6.45, 7) is -1.45. The van der Waals surface area contributed by atoms with Crippen molar-refractivity contribution in [1.82, 2.24) is 9.97 Å². The molecule has 0 saturated heterocycles. The first kappa shape index (κ1) is 17.9. The summed E-state index contributed by atoms with van der Waals surface area (Å²) >= 11 is 1.15. The molecule has 0 aliphatic heterocycles. The minimum atomic E-state index is -4.47. The van der Waals surface area contributed by atoms with Crippen LogP contribution in [0.2, 0.25) is 0 Å². The minimum Gasteiger partial charge on any atom is -0.478 e. The Labute approximate surface area is 139 Å². The average Bonchev–Trinajstić information content (AvgIpc) is 2.52. The molecule has 0 saturated carbocycles. The van der Waals surface area contributed by atoms with Gasteiger partial charge in [-0.15, -0.1) is 0 Å². The third kappa shape index (κ3) is 5.30. The second-order valence-corrected chi connectivity index (χ2v) is 5.26. The topological polar surface area (TPSA) is 84.3 Å².